The zero-order chi connectivity index (χ0) is 30.0. The molecule has 0 bridgehead atoms. The van der Waals surface area contributed by atoms with Gasteiger partial charge >= 0.3 is 0 Å². The molecule has 1 heterocycles. The zero-order valence-electron chi connectivity index (χ0n) is 24.9. The molecule has 8 aromatic carbocycles. The second-order valence-corrected chi connectivity index (χ2v) is 12.8. The highest BCUT2D eigenvalue weighted by Gasteiger charge is 2.52. The first-order valence-electron chi connectivity index (χ1n) is 16.0. The molecule has 1 spiro atoms. The highest BCUT2D eigenvalue weighted by molar-refractivity contribution is 6.08. The van der Waals surface area contributed by atoms with Crippen molar-refractivity contribution < 1.29 is 4.74 Å². The first-order valence-corrected chi connectivity index (χ1v) is 16.0. The Balaban J connectivity index is 1.23. The van der Waals surface area contributed by atoms with E-state index in [1.54, 1.807) is 0 Å². The van der Waals surface area contributed by atoms with Gasteiger partial charge in [-0.2, -0.15) is 0 Å². The minimum Gasteiger partial charge on any atom is -0.456 e. The van der Waals surface area contributed by atoms with E-state index in [2.05, 4.69) is 158 Å². The molecule has 1 atom stereocenters. The second kappa shape index (κ2) is 8.62. The number of hydrogen-bond donors (Lipinski definition) is 0. The molecule has 1 unspecified atom stereocenters. The molecule has 1 heteroatoms. The molecule has 11 rings (SSSR count). The van der Waals surface area contributed by atoms with Crippen molar-refractivity contribution in [2.75, 3.05) is 0 Å². The van der Waals surface area contributed by atoms with Gasteiger partial charge in [-0.25, -0.2) is 0 Å². The van der Waals surface area contributed by atoms with Gasteiger partial charge in [0, 0.05) is 10.9 Å². The topological polar surface area (TPSA) is 9.23 Å². The van der Waals surface area contributed by atoms with E-state index in [4.69, 9.17) is 4.74 Å². The van der Waals surface area contributed by atoms with Gasteiger partial charge in [0.2, 0.25) is 0 Å². The van der Waals surface area contributed by atoms with Crippen LogP contribution in [0.2, 0.25) is 0 Å². The Bertz CT molecular complexity index is 2630. The number of ether oxygens (including phenoxy) is 1. The molecule has 8 aromatic rings. The monoisotopic (exact) mass is 582 g/mol. The van der Waals surface area contributed by atoms with E-state index in [0.717, 1.165) is 17.1 Å². The summed E-state index contributed by atoms with van der Waals surface area (Å²) in [6.45, 7) is 0. The molecular formula is C45H26O. The van der Waals surface area contributed by atoms with Crippen molar-refractivity contribution in [1.29, 1.82) is 0 Å². The fourth-order valence-corrected chi connectivity index (χ4v) is 8.86. The molecule has 46 heavy (non-hydrogen) atoms. The van der Waals surface area contributed by atoms with Crippen LogP contribution in [-0.4, -0.2) is 0 Å². The van der Waals surface area contributed by atoms with Crippen LogP contribution in [0.25, 0.3) is 66.1 Å². The van der Waals surface area contributed by atoms with Gasteiger partial charge in [-0.05, 0) is 108 Å². The number of hydrogen-bond acceptors (Lipinski definition) is 1. The average molecular weight is 583 g/mol. The van der Waals surface area contributed by atoms with Crippen LogP contribution in [0, 0.1) is 0 Å². The largest absolute Gasteiger partial charge is 0.456 e. The van der Waals surface area contributed by atoms with Crippen LogP contribution in [0.4, 0.5) is 0 Å². The van der Waals surface area contributed by atoms with E-state index < -0.39 is 5.41 Å². The molecular weight excluding hydrogens is 556 g/mol. The number of fused-ring (bicyclic) bond motifs is 13. The summed E-state index contributed by atoms with van der Waals surface area (Å²) in [6, 6.07) is 58.3. The van der Waals surface area contributed by atoms with Gasteiger partial charge in [0.05, 0.1) is 5.41 Å². The van der Waals surface area contributed by atoms with E-state index in [9.17, 15) is 0 Å². The third kappa shape index (κ3) is 2.91. The highest BCUT2D eigenvalue weighted by atomic mass is 16.5. The summed E-state index contributed by atoms with van der Waals surface area (Å²) in [4.78, 5) is 0. The fourth-order valence-electron chi connectivity index (χ4n) is 8.86. The van der Waals surface area contributed by atoms with Gasteiger partial charge < -0.3 is 4.74 Å². The van der Waals surface area contributed by atoms with Gasteiger partial charge in [0.25, 0.3) is 0 Å². The summed E-state index contributed by atoms with van der Waals surface area (Å²) in [5.74, 6) is 1.83. The third-order valence-corrected chi connectivity index (χ3v) is 10.6. The van der Waals surface area contributed by atoms with E-state index in [1.807, 2.05) is 0 Å². The smallest absolute Gasteiger partial charge is 0.136 e. The minimum atomic E-state index is -0.397. The molecule has 1 aliphatic heterocycles. The molecule has 1 nitrogen and oxygen atoms in total. The predicted octanol–water partition coefficient (Wildman–Crippen LogP) is 11.8. The van der Waals surface area contributed by atoms with Crippen LogP contribution in [0.15, 0.2) is 158 Å². The Kier molecular flexibility index (Phi) is 4.57. The van der Waals surface area contributed by atoms with E-state index in [-0.39, 0.29) is 0 Å². The first kappa shape index (κ1) is 24.4. The van der Waals surface area contributed by atoms with Gasteiger partial charge in [0.15, 0.2) is 0 Å². The molecule has 0 fully saturated rings. The lowest BCUT2D eigenvalue weighted by atomic mass is 9.70. The quantitative estimate of drug-likeness (QED) is 0.187. The van der Waals surface area contributed by atoms with Crippen molar-refractivity contribution in [3.8, 4) is 56.0 Å². The summed E-state index contributed by atoms with van der Waals surface area (Å²) in [7, 11) is 0. The summed E-state index contributed by atoms with van der Waals surface area (Å²) < 4.78 is 6.63. The van der Waals surface area contributed by atoms with Crippen molar-refractivity contribution in [2.45, 2.75) is 5.41 Å². The Morgan fingerprint density at radius 2 is 0.957 bits per heavy atom. The van der Waals surface area contributed by atoms with Crippen molar-refractivity contribution in [3.63, 3.8) is 0 Å². The van der Waals surface area contributed by atoms with Crippen LogP contribution in [0.3, 0.4) is 0 Å². The third-order valence-electron chi connectivity index (χ3n) is 10.6. The molecule has 3 aliphatic rings. The van der Waals surface area contributed by atoms with Crippen molar-refractivity contribution in [2.24, 2.45) is 0 Å². The van der Waals surface area contributed by atoms with E-state index >= 15 is 0 Å². The number of para-hydroxylation sites is 1. The highest BCUT2D eigenvalue weighted by Crippen LogP contribution is 2.64. The molecule has 0 amide bonds. The van der Waals surface area contributed by atoms with Gasteiger partial charge in [-0.3, -0.25) is 0 Å². The lowest BCUT2D eigenvalue weighted by molar-refractivity contribution is 0.487. The van der Waals surface area contributed by atoms with Crippen molar-refractivity contribution in [1.82, 2.24) is 0 Å². The Morgan fingerprint density at radius 1 is 0.348 bits per heavy atom. The molecule has 2 aliphatic carbocycles. The second-order valence-electron chi connectivity index (χ2n) is 12.8. The molecule has 0 saturated heterocycles. The van der Waals surface area contributed by atoms with E-state index in [0.29, 0.717) is 0 Å². The van der Waals surface area contributed by atoms with Gasteiger partial charge in [-0.1, -0.05) is 127 Å². The summed E-state index contributed by atoms with van der Waals surface area (Å²) in [6.07, 6.45) is 0. The lowest BCUT2D eigenvalue weighted by Gasteiger charge is -2.30. The van der Waals surface area contributed by atoms with Crippen LogP contribution < -0.4 is 4.74 Å². The van der Waals surface area contributed by atoms with Gasteiger partial charge in [0.1, 0.15) is 11.5 Å². The van der Waals surface area contributed by atoms with Crippen LogP contribution in [0.5, 0.6) is 11.5 Å². The van der Waals surface area contributed by atoms with Crippen LogP contribution in [0.1, 0.15) is 22.3 Å². The number of rotatable bonds is 1. The SMILES string of the molecule is c1ccc2c(c1)Oc1cc(-c3cccc4c3-c3ccccc3C43c4ccccc4-c4cc5ccccc5cc43)cc3cccc-2c13. The minimum absolute atomic E-state index is 0.397. The molecule has 0 N–H and O–H groups in total. The Morgan fingerprint density at radius 3 is 1.83 bits per heavy atom. The molecule has 0 saturated carbocycles. The maximum absolute atomic E-state index is 6.63. The lowest BCUT2D eigenvalue weighted by Crippen LogP contribution is -2.25. The standard InChI is InChI=1S/C45H26O/c1-2-12-28-25-40-36(24-27(28)11-1)32-14-3-6-19-37(32)45(40)38-20-7-4-16-35(38)44-31(17-10-21-39(44)45)30-23-29-13-9-18-34-33-15-5-8-22-41(33)46-42(26-30)43(29)34/h1-26H. The summed E-state index contributed by atoms with van der Waals surface area (Å²) in [5.41, 5.74) is 15.1. The average Bonchev–Trinajstić information content (AvgIpc) is 3.58. The maximum Gasteiger partial charge on any atom is 0.136 e. The zero-order valence-corrected chi connectivity index (χ0v) is 24.9. The van der Waals surface area contributed by atoms with E-state index in [1.165, 1.54) is 82.7 Å². The summed E-state index contributed by atoms with van der Waals surface area (Å²) >= 11 is 0. The Hall–Kier alpha value is -5.92. The molecule has 0 radical (unpaired) electrons. The predicted molar refractivity (Wildman–Crippen MR) is 189 cm³/mol. The normalized spacial score (nSPS) is 16.1. The van der Waals surface area contributed by atoms with Crippen molar-refractivity contribution >= 4 is 21.5 Å². The van der Waals surface area contributed by atoms with Crippen molar-refractivity contribution in [3.05, 3.63) is 180 Å². The maximum atomic E-state index is 6.63. The first-order chi connectivity index (χ1) is 22.8. The van der Waals surface area contributed by atoms with Gasteiger partial charge in [-0.15, -0.1) is 0 Å². The Labute approximate surface area is 267 Å². The molecule has 0 aromatic heterocycles. The fraction of sp³-hybridized carbons (Fsp3) is 0.0222. The molecule has 212 valence electrons. The summed E-state index contributed by atoms with van der Waals surface area (Å²) in [5, 5.41) is 4.93. The number of benzene rings is 8. The van der Waals surface area contributed by atoms with Crippen LogP contribution in [-0.2, 0) is 5.41 Å². The van der Waals surface area contributed by atoms with Crippen LogP contribution >= 0.6 is 0 Å².